The molecule has 0 spiro atoms. The summed E-state index contributed by atoms with van der Waals surface area (Å²) >= 11 is 1.88. The fourth-order valence-corrected chi connectivity index (χ4v) is 2.53. The van der Waals surface area contributed by atoms with E-state index in [0.717, 1.165) is 18.2 Å². The molecule has 0 fully saturated rings. The van der Waals surface area contributed by atoms with Crippen LogP contribution in [0.15, 0.2) is 42.7 Å². The minimum absolute atomic E-state index is 0.640. The monoisotopic (exact) mass is 261 g/mol. The highest BCUT2D eigenvalue weighted by Gasteiger charge is 2.06. The van der Waals surface area contributed by atoms with Crippen molar-refractivity contribution in [2.24, 2.45) is 5.92 Å². The maximum Gasteiger partial charge on any atom is 0.207 e. The van der Waals surface area contributed by atoms with Crippen LogP contribution in [0.2, 0.25) is 0 Å². The van der Waals surface area contributed by atoms with E-state index in [0.29, 0.717) is 5.92 Å². The Bertz CT molecular complexity index is 467. The molecule has 96 valence electrons. The van der Waals surface area contributed by atoms with Crippen LogP contribution in [-0.2, 0) is 0 Å². The third-order valence-corrected chi connectivity index (χ3v) is 3.64. The number of nitrogens with zero attached hydrogens (tertiary/aromatic N) is 2. The van der Waals surface area contributed by atoms with Crippen molar-refractivity contribution >= 4 is 17.7 Å². The van der Waals surface area contributed by atoms with E-state index in [2.05, 4.69) is 40.2 Å². The smallest absolute Gasteiger partial charge is 0.207 e. The maximum absolute atomic E-state index is 4.37. The predicted molar refractivity (Wildman–Crippen MR) is 79.6 cm³/mol. The van der Waals surface area contributed by atoms with Crippen LogP contribution in [0.4, 0.5) is 5.95 Å². The van der Waals surface area contributed by atoms with Crippen molar-refractivity contribution in [3.05, 3.63) is 42.7 Å². The van der Waals surface area contributed by atoms with Crippen LogP contribution < -0.4 is 5.32 Å². The number of nitrogens with one attached hydrogen (secondary N) is 1. The maximum atomic E-state index is 4.37. The first-order valence-corrected chi connectivity index (χ1v) is 7.52. The summed E-state index contributed by atoms with van der Waals surface area (Å²) < 4.78 is 2.08. The number of aromatic nitrogens is 2. The van der Waals surface area contributed by atoms with Gasteiger partial charge in [0.25, 0.3) is 0 Å². The summed E-state index contributed by atoms with van der Waals surface area (Å²) in [6, 6.07) is 10.3. The number of thioether (sulfide) groups is 1. The van der Waals surface area contributed by atoms with Crippen LogP contribution in [0.1, 0.15) is 6.92 Å². The zero-order chi connectivity index (χ0) is 12.8. The number of para-hydroxylation sites is 1. The van der Waals surface area contributed by atoms with Crippen molar-refractivity contribution in [3.8, 4) is 5.69 Å². The fraction of sp³-hybridized carbons (Fsp3) is 0.357. The lowest BCUT2D eigenvalue weighted by Gasteiger charge is -2.13. The largest absolute Gasteiger partial charge is 0.355 e. The Morgan fingerprint density at radius 2 is 2.11 bits per heavy atom. The second-order valence-electron chi connectivity index (χ2n) is 4.40. The lowest BCUT2D eigenvalue weighted by atomic mass is 10.2. The summed E-state index contributed by atoms with van der Waals surface area (Å²) in [5.41, 5.74) is 1.13. The van der Waals surface area contributed by atoms with Gasteiger partial charge in [-0.2, -0.15) is 11.8 Å². The molecule has 0 saturated heterocycles. The molecule has 0 aliphatic carbocycles. The number of imidazole rings is 1. The zero-order valence-corrected chi connectivity index (χ0v) is 11.7. The number of benzene rings is 1. The van der Waals surface area contributed by atoms with Gasteiger partial charge in [0.1, 0.15) is 0 Å². The molecule has 0 bridgehead atoms. The van der Waals surface area contributed by atoms with Crippen molar-refractivity contribution in [2.45, 2.75) is 6.92 Å². The van der Waals surface area contributed by atoms with Gasteiger partial charge in [0.15, 0.2) is 0 Å². The van der Waals surface area contributed by atoms with E-state index in [1.165, 1.54) is 5.75 Å². The van der Waals surface area contributed by atoms with Crippen molar-refractivity contribution in [2.75, 3.05) is 23.9 Å². The van der Waals surface area contributed by atoms with Crippen LogP contribution >= 0.6 is 11.8 Å². The first kappa shape index (κ1) is 13.0. The molecule has 3 nitrogen and oxygen atoms in total. The molecule has 4 heteroatoms. The fourth-order valence-electron chi connectivity index (χ4n) is 1.84. The van der Waals surface area contributed by atoms with E-state index in [1.807, 2.05) is 42.4 Å². The average molecular weight is 261 g/mol. The molecule has 0 radical (unpaired) electrons. The second kappa shape index (κ2) is 6.50. The van der Waals surface area contributed by atoms with Crippen molar-refractivity contribution in [1.82, 2.24) is 9.55 Å². The molecule has 2 rings (SSSR count). The number of anilines is 1. The van der Waals surface area contributed by atoms with Gasteiger partial charge in [-0.05, 0) is 30.1 Å². The molecular formula is C14H19N3S. The van der Waals surface area contributed by atoms with E-state index in [-0.39, 0.29) is 0 Å². The Balaban J connectivity index is 2.05. The second-order valence-corrected chi connectivity index (χ2v) is 5.31. The Morgan fingerprint density at radius 1 is 1.33 bits per heavy atom. The molecule has 1 N–H and O–H groups in total. The van der Waals surface area contributed by atoms with E-state index in [4.69, 9.17) is 0 Å². The van der Waals surface area contributed by atoms with Crippen LogP contribution in [-0.4, -0.2) is 28.1 Å². The molecule has 0 saturated carbocycles. The van der Waals surface area contributed by atoms with Gasteiger partial charge in [-0.15, -0.1) is 0 Å². The highest BCUT2D eigenvalue weighted by Crippen LogP contribution is 2.14. The first-order valence-electron chi connectivity index (χ1n) is 6.13. The predicted octanol–water partition coefficient (Wildman–Crippen LogP) is 3.28. The Kier molecular flexibility index (Phi) is 4.70. The van der Waals surface area contributed by atoms with Gasteiger partial charge >= 0.3 is 0 Å². The summed E-state index contributed by atoms with van der Waals surface area (Å²) in [5.74, 6) is 2.72. The standard InChI is InChI=1S/C14H19N3S/c1-12(11-18-2)10-16-14-15-8-9-17(14)13-6-4-3-5-7-13/h3-9,12H,10-11H2,1-2H3,(H,15,16). The molecule has 18 heavy (non-hydrogen) atoms. The van der Waals surface area contributed by atoms with Gasteiger partial charge in [-0.25, -0.2) is 4.98 Å². The Hall–Kier alpha value is -1.42. The summed E-state index contributed by atoms with van der Waals surface area (Å²) in [6.07, 6.45) is 5.95. The molecule has 2 aromatic rings. The first-order chi connectivity index (χ1) is 8.81. The summed E-state index contributed by atoms with van der Waals surface area (Å²) in [7, 11) is 0. The SMILES string of the molecule is CSCC(C)CNc1nccn1-c1ccccc1. The van der Waals surface area contributed by atoms with Crippen molar-refractivity contribution in [3.63, 3.8) is 0 Å². The quantitative estimate of drug-likeness (QED) is 0.865. The zero-order valence-electron chi connectivity index (χ0n) is 10.8. The molecule has 1 heterocycles. The van der Waals surface area contributed by atoms with Crippen molar-refractivity contribution < 1.29 is 0 Å². The minimum atomic E-state index is 0.640. The molecule has 0 amide bonds. The average Bonchev–Trinajstić information content (AvgIpc) is 2.86. The van der Waals surface area contributed by atoms with Gasteiger partial charge in [-0.1, -0.05) is 25.1 Å². The van der Waals surface area contributed by atoms with Gasteiger partial charge in [0.05, 0.1) is 0 Å². The Labute approximate surface area is 113 Å². The normalized spacial score (nSPS) is 12.3. The van der Waals surface area contributed by atoms with Crippen LogP contribution in [0.5, 0.6) is 0 Å². The highest BCUT2D eigenvalue weighted by molar-refractivity contribution is 7.98. The van der Waals surface area contributed by atoms with Gasteiger partial charge in [0, 0.05) is 24.6 Å². The van der Waals surface area contributed by atoms with E-state index < -0.39 is 0 Å². The topological polar surface area (TPSA) is 29.9 Å². The number of hydrogen-bond donors (Lipinski definition) is 1. The van der Waals surface area contributed by atoms with Gasteiger partial charge in [0.2, 0.25) is 5.95 Å². The van der Waals surface area contributed by atoms with E-state index >= 15 is 0 Å². The summed E-state index contributed by atoms with van der Waals surface area (Å²) in [4.78, 5) is 4.37. The number of hydrogen-bond acceptors (Lipinski definition) is 3. The molecule has 0 aliphatic heterocycles. The molecule has 1 aromatic carbocycles. The minimum Gasteiger partial charge on any atom is -0.355 e. The number of rotatable bonds is 6. The lowest BCUT2D eigenvalue weighted by molar-refractivity contribution is 0.695. The molecule has 1 aromatic heterocycles. The summed E-state index contributed by atoms with van der Waals surface area (Å²) in [5, 5.41) is 3.41. The molecule has 0 aliphatic rings. The van der Waals surface area contributed by atoms with Crippen LogP contribution in [0, 0.1) is 5.92 Å². The third-order valence-electron chi connectivity index (χ3n) is 2.73. The van der Waals surface area contributed by atoms with Gasteiger partial charge < -0.3 is 5.32 Å². The van der Waals surface area contributed by atoms with E-state index in [1.54, 1.807) is 0 Å². The van der Waals surface area contributed by atoms with Crippen LogP contribution in [0.25, 0.3) is 5.69 Å². The van der Waals surface area contributed by atoms with Crippen molar-refractivity contribution in [1.29, 1.82) is 0 Å². The molecule has 1 unspecified atom stereocenters. The lowest BCUT2D eigenvalue weighted by Crippen LogP contribution is -2.15. The van der Waals surface area contributed by atoms with Gasteiger partial charge in [-0.3, -0.25) is 4.57 Å². The summed E-state index contributed by atoms with van der Waals surface area (Å²) in [6.45, 7) is 3.20. The third kappa shape index (κ3) is 3.29. The highest BCUT2D eigenvalue weighted by atomic mass is 32.2. The Morgan fingerprint density at radius 3 is 2.83 bits per heavy atom. The van der Waals surface area contributed by atoms with E-state index in [9.17, 15) is 0 Å². The molecule has 1 atom stereocenters. The van der Waals surface area contributed by atoms with Crippen LogP contribution in [0.3, 0.4) is 0 Å². The molecular weight excluding hydrogens is 242 g/mol.